The number of aryl methyl sites for hydroxylation is 1. The van der Waals surface area contributed by atoms with Crippen molar-refractivity contribution >= 4 is 16.7 Å². The van der Waals surface area contributed by atoms with Gasteiger partial charge < -0.3 is 4.90 Å². The Bertz CT molecular complexity index is 617. The Morgan fingerprint density at radius 3 is 2.89 bits per heavy atom. The van der Waals surface area contributed by atoms with Gasteiger partial charge in [0.1, 0.15) is 0 Å². The van der Waals surface area contributed by atoms with Crippen LogP contribution in [0.1, 0.15) is 16.1 Å². The largest absolute Gasteiger partial charge is 0.383 e. The maximum absolute atomic E-state index is 12.0. The Labute approximate surface area is 106 Å². The van der Waals surface area contributed by atoms with Crippen molar-refractivity contribution < 1.29 is 4.79 Å². The van der Waals surface area contributed by atoms with Gasteiger partial charge in [-0.15, -0.1) is 0 Å². The molecule has 92 valence electrons. The van der Waals surface area contributed by atoms with Crippen LogP contribution in [0.4, 0.5) is 0 Å². The lowest BCUT2D eigenvalue weighted by Gasteiger charge is -2.06. The quantitative estimate of drug-likeness (QED) is 0.610. The molecular weight excluding hydrogens is 226 g/mol. The molecule has 2 aromatic heterocycles. The van der Waals surface area contributed by atoms with E-state index in [1.807, 2.05) is 38.1 Å². The van der Waals surface area contributed by atoms with Crippen molar-refractivity contribution in [3.8, 4) is 0 Å². The molecule has 2 heterocycles. The summed E-state index contributed by atoms with van der Waals surface area (Å²) in [4.78, 5) is 22.3. The summed E-state index contributed by atoms with van der Waals surface area (Å²) in [7, 11) is 3.75. The highest BCUT2D eigenvalue weighted by molar-refractivity contribution is 6.06. The number of pyridine rings is 2. The molecule has 0 saturated heterocycles. The van der Waals surface area contributed by atoms with Gasteiger partial charge in [-0.3, -0.25) is 14.8 Å². The number of rotatable bonds is 3. The van der Waals surface area contributed by atoms with E-state index in [9.17, 15) is 4.79 Å². The number of carbonyl (C=O) groups excluding carboxylic acids is 1. The first-order valence-corrected chi connectivity index (χ1v) is 5.68. The lowest BCUT2D eigenvalue weighted by Crippen LogP contribution is -2.05. The summed E-state index contributed by atoms with van der Waals surface area (Å²) in [5.41, 5.74) is 2.21. The van der Waals surface area contributed by atoms with E-state index in [-0.39, 0.29) is 5.78 Å². The Balaban J connectivity index is 2.44. The average Bonchev–Trinajstić information content (AvgIpc) is 2.35. The van der Waals surface area contributed by atoms with Crippen LogP contribution in [-0.4, -0.2) is 34.7 Å². The Morgan fingerprint density at radius 2 is 2.17 bits per heavy atom. The third-order valence-electron chi connectivity index (χ3n) is 2.60. The molecule has 0 amide bonds. The molecule has 2 rings (SSSR count). The van der Waals surface area contributed by atoms with Crippen LogP contribution in [-0.2, 0) is 0 Å². The van der Waals surface area contributed by atoms with Crippen molar-refractivity contribution in [2.24, 2.45) is 0 Å². The summed E-state index contributed by atoms with van der Waals surface area (Å²) < 4.78 is 0. The van der Waals surface area contributed by atoms with Gasteiger partial charge in [0.05, 0.1) is 5.52 Å². The molecule has 2 aromatic rings. The van der Waals surface area contributed by atoms with Gasteiger partial charge in [0, 0.05) is 55.4 Å². The molecular formula is C14H15N3O. The highest BCUT2D eigenvalue weighted by Crippen LogP contribution is 2.16. The molecule has 0 bridgehead atoms. The number of hydrogen-bond donors (Lipinski definition) is 0. The summed E-state index contributed by atoms with van der Waals surface area (Å²) in [6.45, 7) is 1.84. The molecule has 0 saturated carbocycles. The van der Waals surface area contributed by atoms with Gasteiger partial charge in [0.25, 0.3) is 0 Å². The van der Waals surface area contributed by atoms with E-state index < -0.39 is 0 Å². The minimum absolute atomic E-state index is 0.0422. The topological polar surface area (TPSA) is 46.1 Å². The molecule has 0 aliphatic rings. The molecule has 0 atom stereocenters. The van der Waals surface area contributed by atoms with Crippen LogP contribution >= 0.6 is 0 Å². The van der Waals surface area contributed by atoms with Crippen molar-refractivity contribution in [1.29, 1.82) is 0 Å². The van der Waals surface area contributed by atoms with E-state index in [0.717, 1.165) is 16.6 Å². The van der Waals surface area contributed by atoms with E-state index in [1.54, 1.807) is 24.7 Å². The number of carbonyl (C=O) groups is 1. The van der Waals surface area contributed by atoms with Crippen LogP contribution in [0.3, 0.4) is 0 Å². The second kappa shape index (κ2) is 4.96. The zero-order chi connectivity index (χ0) is 13.1. The van der Waals surface area contributed by atoms with Crippen molar-refractivity contribution in [1.82, 2.24) is 14.9 Å². The molecule has 0 spiro atoms. The number of fused-ring (bicyclic) bond motifs is 1. The van der Waals surface area contributed by atoms with Crippen molar-refractivity contribution in [2.45, 2.75) is 6.92 Å². The lowest BCUT2D eigenvalue weighted by atomic mass is 10.1. The first-order chi connectivity index (χ1) is 8.58. The second-order valence-corrected chi connectivity index (χ2v) is 4.33. The number of nitrogens with zero attached hydrogens (tertiary/aromatic N) is 3. The third kappa shape index (κ3) is 2.53. The first kappa shape index (κ1) is 12.2. The van der Waals surface area contributed by atoms with Gasteiger partial charge in [0.2, 0.25) is 0 Å². The third-order valence-corrected chi connectivity index (χ3v) is 2.60. The molecule has 0 aromatic carbocycles. The summed E-state index contributed by atoms with van der Waals surface area (Å²) in [6.07, 6.45) is 6.69. The molecule has 0 fully saturated rings. The highest BCUT2D eigenvalue weighted by Gasteiger charge is 2.09. The fourth-order valence-electron chi connectivity index (χ4n) is 1.67. The normalized spacial score (nSPS) is 11.1. The summed E-state index contributed by atoms with van der Waals surface area (Å²) >= 11 is 0. The zero-order valence-electron chi connectivity index (χ0n) is 10.7. The second-order valence-electron chi connectivity index (χ2n) is 4.33. The maximum Gasteiger partial charge on any atom is 0.189 e. The van der Waals surface area contributed by atoms with Gasteiger partial charge in [0.15, 0.2) is 5.78 Å². The Hall–Kier alpha value is -2.23. The predicted molar refractivity (Wildman–Crippen MR) is 71.4 cm³/mol. The van der Waals surface area contributed by atoms with E-state index in [4.69, 9.17) is 0 Å². The standard InChI is InChI=1S/C14H15N3O/c1-10-12(14(18)5-7-17(2)3)8-11-9-15-6-4-13(11)16-10/h4-9H,1-3H3/b7-5+. The SMILES string of the molecule is Cc1nc2ccncc2cc1C(=O)/C=C/N(C)C. The van der Waals surface area contributed by atoms with Crippen LogP contribution in [0.25, 0.3) is 10.9 Å². The zero-order valence-corrected chi connectivity index (χ0v) is 10.7. The molecule has 0 N–H and O–H groups in total. The lowest BCUT2D eigenvalue weighted by molar-refractivity contribution is 0.104. The summed E-state index contributed by atoms with van der Waals surface area (Å²) in [5.74, 6) is -0.0422. The predicted octanol–water partition coefficient (Wildman–Crippen LogP) is 2.20. The number of allylic oxidation sites excluding steroid dienone is 1. The minimum Gasteiger partial charge on any atom is -0.383 e. The van der Waals surface area contributed by atoms with Crippen LogP contribution in [0.15, 0.2) is 36.8 Å². The van der Waals surface area contributed by atoms with Crippen LogP contribution in [0.2, 0.25) is 0 Å². The monoisotopic (exact) mass is 241 g/mol. The highest BCUT2D eigenvalue weighted by atomic mass is 16.1. The summed E-state index contributed by atoms with van der Waals surface area (Å²) in [5, 5.41) is 0.879. The van der Waals surface area contributed by atoms with Gasteiger partial charge in [-0.05, 0) is 19.1 Å². The molecule has 18 heavy (non-hydrogen) atoms. The Kier molecular flexibility index (Phi) is 3.37. The van der Waals surface area contributed by atoms with Crippen LogP contribution in [0, 0.1) is 6.92 Å². The fourth-order valence-corrected chi connectivity index (χ4v) is 1.67. The molecule has 0 aliphatic heterocycles. The molecule has 4 nitrogen and oxygen atoms in total. The molecule has 0 radical (unpaired) electrons. The molecule has 0 aliphatic carbocycles. The van der Waals surface area contributed by atoms with Crippen LogP contribution in [0.5, 0.6) is 0 Å². The first-order valence-electron chi connectivity index (χ1n) is 5.68. The fraction of sp³-hybridized carbons (Fsp3) is 0.214. The van der Waals surface area contributed by atoms with E-state index in [1.165, 1.54) is 0 Å². The number of hydrogen-bond acceptors (Lipinski definition) is 4. The maximum atomic E-state index is 12.0. The van der Waals surface area contributed by atoms with Crippen molar-refractivity contribution in [2.75, 3.05) is 14.1 Å². The number of aromatic nitrogens is 2. The number of ketones is 1. The summed E-state index contributed by atoms with van der Waals surface area (Å²) in [6, 6.07) is 3.68. The van der Waals surface area contributed by atoms with Crippen molar-refractivity contribution in [3.05, 3.63) is 48.1 Å². The Morgan fingerprint density at radius 1 is 1.39 bits per heavy atom. The average molecular weight is 241 g/mol. The molecule has 0 unspecified atom stereocenters. The van der Waals surface area contributed by atoms with E-state index in [2.05, 4.69) is 9.97 Å². The van der Waals surface area contributed by atoms with Crippen molar-refractivity contribution in [3.63, 3.8) is 0 Å². The van der Waals surface area contributed by atoms with Gasteiger partial charge in [-0.2, -0.15) is 0 Å². The van der Waals surface area contributed by atoms with Gasteiger partial charge >= 0.3 is 0 Å². The van der Waals surface area contributed by atoms with E-state index >= 15 is 0 Å². The van der Waals surface area contributed by atoms with Gasteiger partial charge in [-0.25, -0.2) is 0 Å². The van der Waals surface area contributed by atoms with E-state index in [0.29, 0.717) is 5.56 Å². The smallest absolute Gasteiger partial charge is 0.189 e. The van der Waals surface area contributed by atoms with Gasteiger partial charge in [-0.1, -0.05) is 0 Å². The minimum atomic E-state index is -0.0422. The molecule has 4 heteroatoms. The van der Waals surface area contributed by atoms with Crippen LogP contribution < -0.4 is 0 Å².